The van der Waals surface area contributed by atoms with E-state index in [2.05, 4.69) is 60.3 Å². The average Bonchev–Trinajstić information content (AvgIpc) is 2.23. The first-order valence-electron chi connectivity index (χ1n) is 7.97. The molecule has 0 saturated carbocycles. The van der Waals surface area contributed by atoms with E-state index in [1.54, 1.807) is 0 Å². The Morgan fingerprint density at radius 3 is 1.40 bits per heavy atom. The maximum Gasteiger partial charge on any atom is 0.110 e. The number of hydrogen-bond acceptors (Lipinski definition) is 4. The molecule has 0 aromatic rings. The second-order valence-corrected chi connectivity index (χ2v) is 6.89. The summed E-state index contributed by atoms with van der Waals surface area (Å²) in [6.07, 6.45) is -0.701. The first-order chi connectivity index (χ1) is 9.07. The number of aliphatic hydroxyl groups excluding tert-OH is 2. The molecule has 0 amide bonds. The molecule has 20 heavy (non-hydrogen) atoms. The molecular formula is C16H36N2O2. The highest BCUT2D eigenvalue weighted by atomic mass is 16.3. The smallest absolute Gasteiger partial charge is 0.110 e. The molecule has 2 atom stereocenters. The minimum Gasteiger partial charge on any atom is -0.392 e. The van der Waals surface area contributed by atoms with Gasteiger partial charge in [-0.2, -0.15) is 0 Å². The number of rotatable bonds is 9. The highest BCUT2D eigenvalue weighted by molar-refractivity contribution is 4.77. The van der Waals surface area contributed by atoms with Crippen LogP contribution in [0.15, 0.2) is 0 Å². The lowest BCUT2D eigenvalue weighted by Crippen LogP contribution is -2.48. The quantitative estimate of drug-likeness (QED) is 0.639. The molecule has 0 radical (unpaired) electrons. The topological polar surface area (TPSA) is 46.9 Å². The highest BCUT2D eigenvalue weighted by Gasteiger charge is 2.26. The maximum atomic E-state index is 10.4. The van der Waals surface area contributed by atoms with E-state index < -0.39 is 12.3 Å². The van der Waals surface area contributed by atoms with Gasteiger partial charge in [-0.15, -0.1) is 0 Å². The fourth-order valence-electron chi connectivity index (χ4n) is 2.99. The van der Waals surface area contributed by atoms with Gasteiger partial charge in [0.15, 0.2) is 0 Å². The Kier molecular flexibility index (Phi) is 8.91. The van der Waals surface area contributed by atoms with Crippen LogP contribution in [0, 0.1) is 0 Å². The summed E-state index contributed by atoms with van der Waals surface area (Å²) in [6, 6.07) is 1.33. The monoisotopic (exact) mass is 288 g/mol. The van der Waals surface area contributed by atoms with Crippen LogP contribution in [-0.2, 0) is 0 Å². The molecule has 0 aromatic carbocycles. The predicted molar refractivity (Wildman–Crippen MR) is 85.7 cm³/mol. The van der Waals surface area contributed by atoms with E-state index in [4.69, 9.17) is 0 Å². The highest BCUT2D eigenvalue weighted by Crippen LogP contribution is 2.15. The first kappa shape index (κ1) is 19.8. The maximum absolute atomic E-state index is 10.4. The van der Waals surface area contributed by atoms with Crippen LogP contribution in [0.1, 0.15) is 61.8 Å². The molecule has 4 nitrogen and oxygen atoms in total. The molecule has 2 N–H and O–H groups in total. The summed E-state index contributed by atoms with van der Waals surface area (Å²) < 4.78 is 0. The normalized spacial score (nSPS) is 16.2. The van der Waals surface area contributed by atoms with Gasteiger partial charge in [0.2, 0.25) is 0 Å². The van der Waals surface area contributed by atoms with E-state index in [0.717, 1.165) is 0 Å². The van der Waals surface area contributed by atoms with Crippen molar-refractivity contribution in [1.82, 2.24) is 9.80 Å². The molecule has 2 unspecified atom stereocenters. The van der Waals surface area contributed by atoms with E-state index in [9.17, 15) is 10.2 Å². The lowest BCUT2D eigenvalue weighted by molar-refractivity contribution is -0.0690. The van der Waals surface area contributed by atoms with Gasteiger partial charge in [-0.25, -0.2) is 0 Å². The van der Waals surface area contributed by atoms with Crippen molar-refractivity contribution < 1.29 is 10.2 Å². The Labute approximate surface area is 125 Å². The van der Waals surface area contributed by atoms with E-state index >= 15 is 0 Å². The largest absolute Gasteiger partial charge is 0.392 e. The van der Waals surface area contributed by atoms with Crippen molar-refractivity contribution in [3.8, 4) is 0 Å². The zero-order valence-corrected chi connectivity index (χ0v) is 14.7. The van der Waals surface area contributed by atoms with Crippen molar-refractivity contribution >= 4 is 0 Å². The number of hydrogen-bond donors (Lipinski definition) is 2. The van der Waals surface area contributed by atoms with Crippen LogP contribution in [0.3, 0.4) is 0 Å². The molecule has 0 heterocycles. The molecule has 122 valence electrons. The van der Waals surface area contributed by atoms with Gasteiger partial charge in [-0.1, -0.05) is 0 Å². The van der Waals surface area contributed by atoms with Crippen LogP contribution in [0.4, 0.5) is 0 Å². The predicted octanol–water partition coefficient (Wildman–Crippen LogP) is 2.29. The Bertz CT molecular complexity index is 239. The fourth-order valence-corrected chi connectivity index (χ4v) is 2.99. The first-order valence-corrected chi connectivity index (χ1v) is 7.97. The average molecular weight is 288 g/mol. The Balaban J connectivity index is 4.54. The van der Waals surface area contributed by atoms with Gasteiger partial charge in [0.1, 0.15) is 6.23 Å². The third-order valence-corrected chi connectivity index (χ3v) is 3.77. The zero-order chi connectivity index (χ0) is 16.0. The summed E-state index contributed by atoms with van der Waals surface area (Å²) in [6.45, 7) is 17.4. The third kappa shape index (κ3) is 6.53. The van der Waals surface area contributed by atoms with Crippen molar-refractivity contribution in [2.45, 2.75) is 98.3 Å². The van der Waals surface area contributed by atoms with Gasteiger partial charge in [-0.05, 0) is 55.4 Å². The van der Waals surface area contributed by atoms with Crippen molar-refractivity contribution in [1.29, 1.82) is 0 Å². The van der Waals surface area contributed by atoms with Gasteiger partial charge in [-0.3, -0.25) is 9.80 Å². The molecule has 0 saturated heterocycles. The third-order valence-electron chi connectivity index (χ3n) is 3.77. The van der Waals surface area contributed by atoms with Crippen LogP contribution >= 0.6 is 0 Å². The van der Waals surface area contributed by atoms with Crippen molar-refractivity contribution in [3.63, 3.8) is 0 Å². The van der Waals surface area contributed by atoms with Crippen LogP contribution in [0.25, 0.3) is 0 Å². The minimum atomic E-state index is -0.592. The Hall–Kier alpha value is -0.160. The van der Waals surface area contributed by atoms with Crippen LogP contribution < -0.4 is 0 Å². The van der Waals surface area contributed by atoms with Crippen molar-refractivity contribution in [2.75, 3.05) is 6.54 Å². The molecule has 0 rings (SSSR count). The summed E-state index contributed by atoms with van der Waals surface area (Å²) in [5.41, 5.74) is 0. The summed E-state index contributed by atoms with van der Waals surface area (Å²) in [7, 11) is 0. The second-order valence-electron chi connectivity index (χ2n) is 6.89. The fraction of sp³-hybridized carbons (Fsp3) is 1.00. The summed E-state index contributed by atoms with van der Waals surface area (Å²) in [5, 5.41) is 20.6. The summed E-state index contributed by atoms with van der Waals surface area (Å²) in [4.78, 5) is 4.30. The van der Waals surface area contributed by atoms with E-state index in [1.165, 1.54) is 0 Å². The van der Waals surface area contributed by atoms with Crippen molar-refractivity contribution in [2.24, 2.45) is 0 Å². The van der Waals surface area contributed by atoms with Crippen LogP contribution in [0.5, 0.6) is 0 Å². The number of aliphatic hydroxyl groups is 2. The Morgan fingerprint density at radius 1 is 0.700 bits per heavy atom. The Morgan fingerprint density at radius 2 is 1.10 bits per heavy atom. The lowest BCUT2D eigenvalue weighted by Gasteiger charge is -2.37. The lowest BCUT2D eigenvalue weighted by atomic mass is 10.1. The van der Waals surface area contributed by atoms with Gasteiger partial charge >= 0.3 is 0 Å². The molecule has 0 aromatic heterocycles. The second kappa shape index (κ2) is 8.98. The molecule has 0 aliphatic heterocycles. The standard InChI is InChI=1S/C16H36N2O2/c1-11(2)17(12(3)4)10-15(19)9-16(20)18(13(5)6)14(7)8/h11-16,19-20H,9-10H2,1-8H3. The molecule has 0 bridgehead atoms. The van der Waals surface area contributed by atoms with Gasteiger partial charge < -0.3 is 10.2 Å². The van der Waals surface area contributed by atoms with E-state index in [-0.39, 0.29) is 12.1 Å². The molecule has 0 aliphatic rings. The summed E-state index contributed by atoms with van der Waals surface area (Å²) >= 11 is 0. The molecule has 4 heteroatoms. The van der Waals surface area contributed by atoms with E-state index in [0.29, 0.717) is 25.0 Å². The minimum absolute atomic E-state index is 0.267. The van der Waals surface area contributed by atoms with Crippen LogP contribution in [-0.4, -0.2) is 63.1 Å². The van der Waals surface area contributed by atoms with E-state index in [1.807, 2.05) is 4.90 Å². The van der Waals surface area contributed by atoms with Gasteiger partial charge in [0.05, 0.1) is 6.10 Å². The molecule has 0 aliphatic carbocycles. The van der Waals surface area contributed by atoms with Crippen molar-refractivity contribution in [3.05, 3.63) is 0 Å². The molecular weight excluding hydrogens is 252 g/mol. The van der Waals surface area contributed by atoms with Gasteiger partial charge in [0, 0.05) is 37.1 Å². The SMILES string of the molecule is CC(C)N(CC(O)CC(O)N(C(C)C)C(C)C)C(C)C. The molecule has 0 fully saturated rings. The molecule has 0 spiro atoms. The zero-order valence-electron chi connectivity index (χ0n) is 14.7. The van der Waals surface area contributed by atoms with Gasteiger partial charge in [0.25, 0.3) is 0 Å². The number of nitrogens with zero attached hydrogens (tertiary/aromatic N) is 2. The van der Waals surface area contributed by atoms with Crippen LogP contribution in [0.2, 0.25) is 0 Å². The summed E-state index contributed by atoms with van der Waals surface area (Å²) in [5.74, 6) is 0.